The lowest BCUT2D eigenvalue weighted by molar-refractivity contribution is -0.136. The van der Waals surface area contributed by atoms with Crippen LogP contribution in [-0.2, 0) is 18.3 Å². The fourth-order valence-corrected chi connectivity index (χ4v) is 2.40. The molecular formula is C10H9ClN2O2S. The lowest BCUT2D eigenvalue weighted by Crippen LogP contribution is -2.05. The Morgan fingerprint density at radius 2 is 2.38 bits per heavy atom. The molecule has 0 atom stereocenters. The SMILES string of the molecule is Cn1nc(-c2ccc(Cl)s2)cc1CC(=O)O. The van der Waals surface area contributed by atoms with E-state index >= 15 is 0 Å². The molecule has 0 aliphatic carbocycles. The van der Waals surface area contributed by atoms with Gasteiger partial charge < -0.3 is 5.11 Å². The first-order valence-corrected chi connectivity index (χ1v) is 5.76. The summed E-state index contributed by atoms with van der Waals surface area (Å²) in [6, 6.07) is 5.45. The van der Waals surface area contributed by atoms with Gasteiger partial charge in [0.05, 0.1) is 15.6 Å². The van der Waals surface area contributed by atoms with Crippen molar-refractivity contribution < 1.29 is 9.90 Å². The molecule has 2 aromatic heterocycles. The summed E-state index contributed by atoms with van der Waals surface area (Å²) in [4.78, 5) is 11.6. The van der Waals surface area contributed by atoms with Crippen LogP contribution in [0.2, 0.25) is 4.34 Å². The van der Waals surface area contributed by atoms with Gasteiger partial charge in [0.2, 0.25) is 0 Å². The van der Waals surface area contributed by atoms with Gasteiger partial charge in [0.15, 0.2) is 0 Å². The van der Waals surface area contributed by atoms with E-state index in [1.807, 2.05) is 6.07 Å². The molecule has 0 saturated heterocycles. The maximum atomic E-state index is 10.6. The molecule has 0 spiro atoms. The van der Waals surface area contributed by atoms with Crippen LogP contribution in [0.5, 0.6) is 0 Å². The van der Waals surface area contributed by atoms with E-state index in [2.05, 4.69) is 5.10 Å². The molecule has 4 nitrogen and oxygen atoms in total. The fourth-order valence-electron chi connectivity index (χ4n) is 1.40. The molecule has 6 heteroatoms. The number of halogens is 1. The van der Waals surface area contributed by atoms with Gasteiger partial charge in [-0.1, -0.05) is 11.6 Å². The third-order valence-corrected chi connectivity index (χ3v) is 3.39. The van der Waals surface area contributed by atoms with E-state index in [9.17, 15) is 4.79 Å². The number of carboxylic acid groups (broad SMARTS) is 1. The van der Waals surface area contributed by atoms with Gasteiger partial charge in [0, 0.05) is 12.7 Å². The average Bonchev–Trinajstić information content (AvgIpc) is 2.74. The van der Waals surface area contributed by atoms with Crippen molar-refractivity contribution in [2.24, 2.45) is 7.05 Å². The predicted molar refractivity (Wildman–Crippen MR) is 62.9 cm³/mol. The maximum absolute atomic E-state index is 10.6. The van der Waals surface area contributed by atoms with Crippen molar-refractivity contribution in [3.8, 4) is 10.6 Å². The van der Waals surface area contributed by atoms with E-state index in [1.54, 1.807) is 23.9 Å². The average molecular weight is 257 g/mol. The number of hydrogen-bond acceptors (Lipinski definition) is 3. The number of rotatable bonds is 3. The van der Waals surface area contributed by atoms with E-state index in [0.717, 1.165) is 10.6 Å². The van der Waals surface area contributed by atoms with E-state index in [1.165, 1.54) is 11.3 Å². The van der Waals surface area contributed by atoms with E-state index < -0.39 is 5.97 Å². The molecule has 0 bridgehead atoms. The predicted octanol–water partition coefficient (Wildman–Crippen LogP) is 2.43. The molecular weight excluding hydrogens is 248 g/mol. The summed E-state index contributed by atoms with van der Waals surface area (Å²) in [7, 11) is 1.73. The van der Waals surface area contributed by atoms with Crippen LogP contribution in [0.1, 0.15) is 5.69 Å². The minimum absolute atomic E-state index is 0.0252. The van der Waals surface area contributed by atoms with Gasteiger partial charge in [0.1, 0.15) is 5.69 Å². The van der Waals surface area contributed by atoms with Crippen LogP contribution >= 0.6 is 22.9 Å². The summed E-state index contributed by atoms with van der Waals surface area (Å²) in [6.45, 7) is 0. The molecule has 16 heavy (non-hydrogen) atoms. The van der Waals surface area contributed by atoms with Crippen LogP contribution in [0.15, 0.2) is 18.2 Å². The first-order chi connectivity index (χ1) is 7.56. The normalized spacial score (nSPS) is 10.6. The molecule has 2 rings (SSSR count). The summed E-state index contributed by atoms with van der Waals surface area (Å²) in [5.41, 5.74) is 1.43. The topological polar surface area (TPSA) is 55.1 Å². The number of thiophene rings is 1. The lowest BCUT2D eigenvalue weighted by Gasteiger charge is -1.94. The van der Waals surface area contributed by atoms with Crippen LogP contribution in [0.25, 0.3) is 10.6 Å². The van der Waals surface area contributed by atoms with Gasteiger partial charge in [-0.25, -0.2) is 0 Å². The van der Waals surface area contributed by atoms with Crippen LogP contribution in [0.4, 0.5) is 0 Å². The van der Waals surface area contributed by atoms with E-state index in [-0.39, 0.29) is 6.42 Å². The van der Waals surface area contributed by atoms with Gasteiger partial charge in [0.25, 0.3) is 0 Å². The molecule has 0 fully saturated rings. The second kappa shape index (κ2) is 4.27. The second-order valence-electron chi connectivity index (χ2n) is 3.32. The largest absolute Gasteiger partial charge is 0.481 e. The number of aromatic nitrogens is 2. The fraction of sp³-hybridized carbons (Fsp3) is 0.200. The Kier molecular flexibility index (Phi) is 2.98. The Balaban J connectivity index is 2.33. The molecule has 84 valence electrons. The molecule has 0 aromatic carbocycles. The molecule has 2 heterocycles. The Hall–Kier alpha value is -1.33. The van der Waals surface area contributed by atoms with Crippen LogP contribution < -0.4 is 0 Å². The molecule has 1 N–H and O–H groups in total. The van der Waals surface area contributed by atoms with E-state index in [0.29, 0.717) is 10.0 Å². The molecule has 0 aliphatic heterocycles. The minimum Gasteiger partial charge on any atom is -0.481 e. The quantitative estimate of drug-likeness (QED) is 0.918. The highest BCUT2D eigenvalue weighted by Gasteiger charge is 2.11. The highest BCUT2D eigenvalue weighted by molar-refractivity contribution is 7.19. The van der Waals surface area contributed by atoms with Crippen molar-refractivity contribution in [3.05, 3.63) is 28.2 Å². The zero-order valence-corrected chi connectivity index (χ0v) is 10.0. The van der Waals surface area contributed by atoms with Crippen molar-refractivity contribution in [2.45, 2.75) is 6.42 Å². The van der Waals surface area contributed by atoms with Gasteiger partial charge in [-0.15, -0.1) is 11.3 Å². The number of aliphatic carboxylic acids is 1. The number of carbonyl (C=O) groups is 1. The van der Waals surface area contributed by atoms with Crippen molar-refractivity contribution in [1.29, 1.82) is 0 Å². The summed E-state index contributed by atoms with van der Waals surface area (Å²) in [5, 5.41) is 13.0. The van der Waals surface area contributed by atoms with Gasteiger partial charge in [-0.05, 0) is 18.2 Å². The second-order valence-corrected chi connectivity index (χ2v) is 5.03. The van der Waals surface area contributed by atoms with Gasteiger partial charge in [-0.3, -0.25) is 9.48 Å². The third kappa shape index (κ3) is 2.25. The monoisotopic (exact) mass is 256 g/mol. The highest BCUT2D eigenvalue weighted by Crippen LogP contribution is 2.30. The lowest BCUT2D eigenvalue weighted by atomic mass is 10.2. The summed E-state index contributed by atoms with van der Waals surface area (Å²) >= 11 is 7.25. The number of nitrogens with zero attached hydrogens (tertiary/aromatic N) is 2. The number of carboxylic acids is 1. The molecule has 0 radical (unpaired) electrons. The first-order valence-electron chi connectivity index (χ1n) is 4.56. The number of hydrogen-bond donors (Lipinski definition) is 1. The zero-order valence-electron chi connectivity index (χ0n) is 8.48. The van der Waals surface area contributed by atoms with Crippen LogP contribution in [-0.4, -0.2) is 20.9 Å². The number of aryl methyl sites for hydroxylation is 1. The Morgan fingerprint density at radius 3 is 2.94 bits per heavy atom. The highest BCUT2D eigenvalue weighted by atomic mass is 35.5. The van der Waals surface area contributed by atoms with Crippen LogP contribution in [0.3, 0.4) is 0 Å². The van der Waals surface area contributed by atoms with Gasteiger partial charge in [-0.2, -0.15) is 5.10 Å². The molecule has 0 amide bonds. The molecule has 0 unspecified atom stereocenters. The Morgan fingerprint density at radius 1 is 1.62 bits per heavy atom. The minimum atomic E-state index is -0.862. The Labute approximate surface area is 101 Å². The summed E-state index contributed by atoms with van der Waals surface area (Å²) < 4.78 is 2.28. The summed E-state index contributed by atoms with van der Waals surface area (Å²) in [5.74, 6) is -0.862. The smallest absolute Gasteiger partial charge is 0.309 e. The molecule has 0 aliphatic rings. The van der Waals surface area contributed by atoms with Crippen molar-refractivity contribution in [3.63, 3.8) is 0 Å². The van der Waals surface area contributed by atoms with Gasteiger partial charge >= 0.3 is 5.97 Å². The van der Waals surface area contributed by atoms with Crippen molar-refractivity contribution >= 4 is 28.9 Å². The summed E-state index contributed by atoms with van der Waals surface area (Å²) in [6.07, 6.45) is -0.0252. The molecule has 2 aromatic rings. The molecule has 0 saturated carbocycles. The Bertz CT molecular complexity index is 533. The standard InChI is InChI=1S/C10H9ClN2O2S/c1-13-6(5-10(14)15)4-7(12-13)8-2-3-9(11)16-8/h2-4H,5H2,1H3,(H,14,15). The van der Waals surface area contributed by atoms with Crippen LogP contribution in [0, 0.1) is 0 Å². The third-order valence-electron chi connectivity index (χ3n) is 2.13. The maximum Gasteiger partial charge on any atom is 0.309 e. The zero-order chi connectivity index (χ0) is 11.7. The van der Waals surface area contributed by atoms with Crippen molar-refractivity contribution in [2.75, 3.05) is 0 Å². The van der Waals surface area contributed by atoms with E-state index in [4.69, 9.17) is 16.7 Å². The first kappa shape index (κ1) is 11.2. The van der Waals surface area contributed by atoms with Crippen molar-refractivity contribution in [1.82, 2.24) is 9.78 Å².